The second-order valence-corrected chi connectivity index (χ2v) is 6.41. The zero-order chi connectivity index (χ0) is 16.8. The summed E-state index contributed by atoms with van der Waals surface area (Å²) < 4.78 is 0. The van der Waals surface area contributed by atoms with Gasteiger partial charge in [-0.15, -0.1) is 0 Å². The number of hydrogen-bond donors (Lipinski definition) is 1. The minimum atomic E-state index is -0.226. The quantitative estimate of drug-likeness (QED) is 0.914. The van der Waals surface area contributed by atoms with Gasteiger partial charge in [-0.05, 0) is 31.5 Å². The molecular weight excluding hydrogens is 300 g/mol. The van der Waals surface area contributed by atoms with Crippen LogP contribution in [0, 0.1) is 0 Å². The average molecular weight is 324 g/mol. The van der Waals surface area contributed by atoms with Crippen molar-refractivity contribution >= 4 is 11.6 Å². The first-order chi connectivity index (χ1) is 11.7. The van der Waals surface area contributed by atoms with E-state index in [1.165, 1.54) is 44.5 Å². The summed E-state index contributed by atoms with van der Waals surface area (Å²) in [5, 5.41) is 2.97. The standard InChI is InChI=1S/C19H24N4O/c1-23(16-8-3-2-4-9-16)14-15-7-5-6-10-17(15)22-19(24)18-13-20-11-12-21-18/h5-7,10-13,16H,2-4,8-9,14H2,1H3,(H,22,24). The minimum Gasteiger partial charge on any atom is -0.320 e. The molecule has 0 saturated heterocycles. The lowest BCUT2D eigenvalue weighted by Gasteiger charge is -2.31. The van der Waals surface area contributed by atoms with Crippen LogP contribution in [-0.2, 0) is 6.54 Å². The van der Waals surface area contributed by atoms with E-state index in [1.54, 1.807) is 6.20 Å². The smallest absolute Gasteiger partial charge is 0.275 e. The molecule has 24 heavy (non-hydrogen) atoms. The Bertz CT molecular complexity index is 668. The topological polar surface area (TPSA) is 58.1 Å². The molecule has 1 aliphatic rings. The maximum atomic E-state index is 12.3. The van der Waals surface area contributed by atoms with Crippen molar-refractivity contribution in [3.8, 4) is 0 Å². The lowest BCUT2D eigenvalue weighted by atomic mass is 9.94. The first kappa shape index (κ1) is 16.6. The van der Waals surface area contributed by atoms with Gasteiger partial charge < -0.3 is 5.32 Å². The van der Waals surface area contributed by atoms with Gasteiger partial charge in [-0.2, -0.15) is 0 Å². The van der Waals surface area contributed by atoms with Crippen molar-refractivity contribution in [3.05, 3.63) is 54.1 Å². The van der Waals surface area contributed by atoms with Gasteiger partial charge in [0.15, 0.2) is 0 Å². The fourth-order valence-electron chi connectivity index (χ4n) is 3.30. The average Bonchev–Trinajstić information content (AvgIpc) is 2.64. The molecule has 0 unspecified atom stereocenters. The van der Waals surface area contributed by atoms with Crippen molar-refractivity contribution in [1.29, 1.82) is 0 Å². The molecule has 1 fully saturated rings. The molecule has 1 aromatic heterocycles. The number of para-hydroxylation sites is 1. The zero-order valence-corrected chi connectivity index (χ0v) is 14.1. The maximum Gasteiger partial charge on any atom is 0.275 e. The molecule has 5 heteroatoms. The highest BCUT2D eigenvalue weighted by atomic mass is 16.1. The van der Waals surface area contributed by atoms with Crippen LogP contribution >= 0.6 is 0 Å². The Morgan fingerprint density at radius 2 is 2.00 bits per heavy atom. The highest BCUT2D eigenvalue weighted by Crippen LogP contribution is 2.25. The van der Waals surface area contributed by atoms with Crippen molar-refractivity contribution in [1.82, 2.24) is 14.9 Å². The highest BCUT2D eigenvalue weighted by molar-refractivity contribution is 6.03. The van der Waals surface area contributed by atoms with Crippen LogP contribution in [0.4, 0.5) is 5.69 Å². The third kappa shape index (κ3) is 4.17. The largest absolute Gasteiger partial charge is 0.320 e. The number of hydrogen-bond acceptors (Lipinski definition) is 4. The summed E-state index contributed by atoms with van der Waals surface area (Å²) in [6.45, 7) is 0.835. The molecule has 1 N–H and O–H groups in total. The molecule has 1 aliphatic carbocycles. The Kier molecular flexibility index (Phi) is 5.54. The molecule has 1 heterocycles. The fourth-order valence-corrected chi connectivity index (χ4v) is 3.30. The molecule has 0 bridgehead atoms. The molecule has 0 atom stereocenters. The Morgan fingerprint density at radius 3 is 2.75 bits per heavy atom. The van der Waals surface area contributed by atoms with Crippen LogP contribution < -0.4 is 5.32 Å². The number of amides is 1. The SMILES string of the molecule is CN(Cc1ccccc1NC(=O)c1cnccn1)C1CCCCC1. The fraction of sp³-hybridized carbons (Fsp3) is 0.421. The molecule has 3 rings (SSSR count). The van der Waals surface area contributed by atoms with E-state index in [0.717, 1.165) is 17.8 Å². The summed E-state index contributed by atoms with van der Waals surface area (Å²) in [6, 6.07) is 8.62. The summed E-state index contributed by atoms with van der Waals surface area (Å²) in [4.78, 5) is 22.7. The molecule has 0 spiro atoms. The lowest BCUT2D eigenvalue weighted by Crippen LogP contribution is -2.33. The van der Waals surface area contributed by atoms with E-state index in [9.17, 15) is 4.79 Å². The van der Waals surface area contributed by atoms with E-state index in [0.29, 0.717) is 11.7 Å². The summed E-state index contributed by atoms with van der Waals surface area (Å²) in [5.41, 5.74) is 2.30. The maximum absolute atomic E-state index is 12.3. The van der Waals surface area contributed by atoms with Gasteiger partial charge in [-0.3, -0.25) is 14.7 Å². The number of rotatable bonds is 5. The Balaban J connectivity index is 1.69. The molecule has 1 saturated carbocycles. The molecule has 5 nitrogen and oxygen atoms in total. The van der Waals surface area contributed by atoms with E-state index < -0.39 is 0 Å². The second kappa shape index (κ2) is 8.02. The van der Waals surface area contributed by atoms with Gasteiger partial charge in [0.25, 0.3) is 5.91 Å². The molecule has 1 aromatic carbocycles. The van der Waals surface area contributed by atoms with Crippen LogP contribution in [-0.4, -0.2) is 33.9 Å². The minimum absolute atomic E-state index is 0.226. The van der Waals surface area contributed by atoms with Gasteiger partial charge in [-0.25, -0.2) is 4.98 Å². The molecule has 126 valence electrons. The van der Waals surface area contributed by atoms with Crippen molar-refractivity contribution in [2.75, 3.05) is 12.4 Å². The molecule has 0 radical (unpaired) electrons. The number of carbonyl (C=O) groups excluding carboxylic acids is 1. The van der Waals surface area contributed by atoms with Gasteiger partial charge >= 0.3 is 0 Å². The van der Waals surface area contributed by atoms with E-state index >= 15 is 0 Å². The number of benzene rings is 1. The van der Waals surface area contributed by atoms with Crippen molar-refractivity contribution in [2.45, 2.75) is 44.7 Å². The zero-order valence-electron chi connectivity index (χ0n) is 14.1. The second-order valence-electron chi connectivity index (χ2n) is 6.41. The van der Waals surface area contributed by atoms with Gasteiger partial charge in [0.05, 0.1) is 6.20 Å². The Labute approximate surface area is 143 Å². The number of nitrogens with zero attached hydrogens (tertiary/aromatic N) is 3. The van der Waals surface area contributed by atoms with Crippen LogP contribution in [0.25, 0.3) is 0 Å². The van der Waals surface area contributed by atoms with Gasteiger partial charge in [0.1, 0.15) is 5.69 Å². The van der Waals surface area contributed by atoms with Crippen molar-refractivity contribution in [3.63, 3.8) is 0 Å². The Morgan fingerprint density at radius 1 is 1.21 bits per heavy atom. The third-order valence-corrected chi connectivity index (χ3v) is 4.68. The summed E-state index contributed by atoms with van der Waals surface area (Å²) in [7, 11) is 2.18. The molecular formula is C19H24N4O. The predicted octanol–water partition coefficient (Wildman–Crippen LogP) is 3.49. The molecule has 2 aromatic rings. The van der Waals surface area contributed by atoms with E-state index in [-0.39, 0.29) is 5.91 Å². The highest BCUT2D eigenvalue weighted by Gasteiger charge is 2.19. The van der Waals surface area contributed by atoms with E-state index in [2.05, 4.69) is 33.3 Å². The summed E-state index contributed by atoms with van der Waals surface area (Å²) >= 11 is 0. The third-order valence-electron chi connectivity index (χ3n) is 4.68. The van der Waals surface area contributed by atoms with Crippen LogP contribution in [0.15, 0.2) is 42.9 Å². The van der Waals surface area contributed by atoms with Gasteiger partial charge in [-0.1, -0.05) is 37.5 Å². The number of anilines is 1. The van der Waals surface area contributed by atoms with E-state index in [1.807, 2.05) is 18.2 Å². The number of nitrogens with one attached hydrogen (secondary N) is 1. The first-order valence-corrected chi connectivity index (χ1v) is 8.59. The van der Waals surface area contributed by atoms with Crippen molar-refractivity contribution < 1.29 is 4.79 Å². The molecule has 0 aliphatic heterocycles. The molecule has 1 amide bonds. The van der Waals surface area contributed by atoms with Gasteiger partial charge in [0, 0.05) is 30.7 Å². The van der Waals surface area contributed by atoms with Crippen LogP contribution in [0.5, 0.6) is 0 Å². The van der Waals surface area contributed by atoms with E-state index in [4.69, 9.17) is 0 Å². The number of aromatic nitrogens is 2. The normalized spacial score (nSPS) is 15.4. The number of carbonyl (C=O) groups is 1. The summed E-state index contributed by atoms with van der Waals surface area (Å²) in [6.07, 6.45) is 11.1. The summed E-state index contributed by atoms with van der Waals surface area (Å²) in [5.74, 6) is -0.226. The Hall–Kier alpha value is -2.27. The first-order valence-electron chi connectivity index (χ1n) is 8.59. The van der Waals surface area contributed by atoms with Crippen LogP contribution in [0.1, 0.15) is 48.2 Å². The van der Waals surface area contributed by atoms with Gasteiger partial charge in [0.2, 0.25) is 0 Å². The van der Waals surface area contributed by atoms with Crippen LogP contribution in [0.3, 0.4) is 0 Å². The van der Waals surface area contributed by atoms with Crippen molar-refractivity contribution in [2.24, 2.45) is 0 Å². The predicted molar refractivity (Wildman–Crippen MR) is 94.8 cm³/mol. The van der Waals surface area contributed by atoms with Crippen LogP contribution in [0.2, 0.25) is 0 Å². The lowest BCUT2D eigenvalue weighted by molar-refractivity contribution is 0.102. The monoisotopic (exact) mass is 324 g/mol.